The molecule has 0 amide bonds. The van der Waals surface area contributed by atoms with E-state index >= 15 is 0 Å². The summed E-state index contributed by atoms with van der Waals surface area (Å²) in [5.41, 5.74) is 0. The van der Waals surface area contributed by atoms with E-state index in [4.69, 9.17) is 0 Å². The van der Waals surface area contributed by atoms with E-state index in [2.05, 4.69) is 37.5 Å². The predicted octanol–water partition coefficient (Wildman–Crippen LogP) is 8.32. The zero-order valence-electron chi connectivity index (χ0n) is 18.8. The number of unbranched alkanes of at least 4 members (excludes halogenated alkanes) is 4. The summed E-state index contributed by atoms with van der Waals surface area (Å²) in [4.78, 5) is 0. The van der Waals surface area contributed by atoms with E-state index in [1.165, 1.54) is 103 Å². The molecule has 2 saturated carbocycles. The fourth-order valence-corrected chi connectivity index (χ4v) is 4.96. The molecule has 0 bridgehead atoms. The highest BCUT2D eigenvalue weighted by molar-refractivity contribution is 5.26. The lowest BCUT2D eigenvalue weighted by Crippen LogP contribution is -2.13. The normalized spacial score (nSPS) is 27.6. The van der Waals surface area contributed by atoms with Crippen LogP contribution in [0.15, 0.2) is 12.2 Å². The number of hydrogen-bond acceptors (Lipinski definition) is 0. The van der Waals surface area contributed by atoms with E-state index in [-0.39, 0.29) is 0 Å². The van der Waals surface area contributed by atoms with Crippen LogP contribution in [0.1, 0.15) is 117 Å². The first-order valence-electron chi connectivity index (χ1n) is 12.5. The van der Waals surface area contributed by atoms with Crippen molar-refractivity contribution in [2.45, 2.75) is 117 Å². The molecule has 2 rings (SSSR count). The maximum absolute atomic E-state index is 3.48. The minimum Gasteiger partial charge on any atom is -0.0951 e. The average molecular weight is 381 g/mol. The fourth-order valence-electron chi connectivity index (χ4n) is 4.96. The first kappa shape index (κ1) is 23.1. The maximum Gasteiger partial charge on any atom is 0.0206 e. The zero-order chi connectivity index (χ0) is 19.9. The molecule has 0 aromatic carbocycles. The van der Waals surface area contributed by atoms with E-state index in [1.54, 1.807) is 0 Å². The van der Waals surface area contributed by atoms with E-state index < -0.39 is 0 Å². The third-order valence-corrected chi connectivity index (χ3v) is 6.95. The van der Waals surface area contributed by atoms with Crippen LogP contribution in [0.25, 0.3) is 0 Å². The Hall–Kier alpha value is -1.14. The molecule has 0 N–H and O–H groups in total. The molecule has 0 unspecified atom stereocenters. The Bertz CT molecular complexity index is 530. The van der Waals surface area contributed by atoms with Crippen LogP contribution in [-0.2, 0) is 0 Å². The minimum atomic E-state index is 0.628. The molecule has 0 aromatic rings. The van der Waals surface area contributed by atoms with Crippen molar-refractivity contribution < 1.29 is 0 Å². The summed E-state index contributed by atoms with van der Waals surface area (Å²) in [6.45, 7) is 4.59. The highest BCUT2D eigenvalue weighted by Crippen LogP contribution is 2.32. The summed E-state index contributed by atoms with van der Waals surface area (Å²) in [5, 5.41) is 0. The molecular formula is C28H44. The highest BCUT2D eigenvalue weighted by Gasteiger charge is 2.20. The summed E-state index contributed by atoms with van der Waals surface area (Å²) in [5.74, 6) is 16.7. The second-order valence-electron chi connectivity index (χ2n) is 9.34. The quantitative estimate of drug-likeness (QED) is 0.293. The van der Waals surface area contributed by atoms with Crippen LogP contribution in [0.2, 0.25) is 0 Å². The van der Waals surface area contributed by atoms with Crippen molar-refractivity contribution in [1.82, 2.24) is 0 Å². The van der Waals surface area contributed by atoms with Crippen LogP contribution in [0, 0.1) is 47.4 Å². The lowest BCUT2D eigenvalue weighted by Gasteiger charge is -2.25. The summed E-state index contributed by atoms with van der Waals surface area (Å²) < 4.78 is 0. The third kappa shape index (κ3) is 9.87. The molecule has 2 fully saturated rings. The molecule has 28 heavy (non-hydrogen) atoms. The predicted molar refractivity (Wildman–Crippen MR) is 124 cm³/mol. The van der Waals surface area contributed by atoms with Gasteiger partial charge in [-0.3, -0.25) is 0 Å². The fraction of sp³-hybridized carbons (Fsp3) is 0.786. The van der Waals surface area contributed by atoms with Crippen LogP contribution in [0.3, 0.4) is 0 Å². The Labute approximate surface area is 176 Å². The largest absolute Gasteiger partial charge is 0.0951 e. The topological polar surface area (TPSA) is 0 Å². The van der Waals surface area contributed by atoms with E-state index in [1.807, 2.05) is 12.2 Å². The molecule has 0 radical (unpaired) electrons. The first-order valence-corrected chi connectivity index (χ1v) is 12.5. The molecule has 0 nitrogen and oxygen atoms in total. The van der Waals surface area contributed by atoms with Gasteiger partial charge in [0.2, 0.25) is 0 Å². The van der Waals surface area contributed by atoms with E-state index in [0.717, 1.165) is 11.8 Å². The molecule has 0 saturated heterocycles. The van der Waals surface area contributed by atoms with Crippen LogP contribution >= 0.6 is 0 Å². The SMILES string of the molecule is CCCCCCC1CCC(C#CC=CC#CC2CCC(CCCC)CC2)CC1. The summed E-state index contributed by atoms with van der Waals surface area (Å²) in [6.07, 6.45) is 26.1. The summed E-state index contributed by atoms with van der Waals surface area (Å²) in [7, 11) is 0. The molecule has 2 aliphatic rings. The number of allylic oxidation sites excluding steroid dienone is 2. The highest BCUT2D eigenvalue weighted by atomic mass is 14.2. The molecular weight excluding hydrogens is 336 g/mol. The van der Waals surface area contributed by atoms with E-state index in [9.17, 15) is 0 Å². The molecule has 0 aromatic heterocycles. The third-order valence-electron chi connectivity index (χ3n) is 6.95. The van der Waals surface area contributed by atoms with Gasteiger partial charge in [-0.15, -0.1) is 0 Å². The Kier molecular flexibility index (Phi) is 12.2. The van der Waals surface area contributed by atoms with Crippen LogP contribution in [0.5, 0.6) is 0 Å². The maximum atomic E-state index is 3.48. The standard InChI is InChI=1S/C28H44/c1-3-5-7-10-14-26-21-23-28(24-22-26)16-12-9-8-11-15-27-19-17-25(18-20-27)13-6-4-2/h8-9,25-28H,3-7,10,13-14,17-24H2,1-2H3. The lowest BCUT2D eigenvalue weighted by molar-refractivity contribution is 0.294. The second-order valence-corrected chi connectivity index (χ2v) is 9.34. The van der Waals surface area contributed by atoms with Gasteiger partial charge >= 0.3 is 0 Å². The van der Waals surface area contributed by atoms with Gasteiger partial charge in [-0.05, 0) is 75.4 Å². The summed E-state index contributed by atoms with van der Waals surface area (Å²) >= 11 is 0. The zero-order valence-corrected chi connectivity index (χ0v) is 18.8. The summed E-state index contributed by atoms with van der Waals surface area (Å²) in [6, 6.07) is 0. The molecule has 2 aliphatic carbocycles. The minimum absolute atomic E-state index is 0.628. The first-order chi connectivity index (χ1) is 13.8. The number of hydrogen-bond donors (Lipinski definition) is 0. The Balaban J connectivity index is 1.57. The van der Waals surface area contributed by atoms with Gasteiger partial charge in [-0.2, -0.15) is 0 Å². The Morgan fingerprint density at radius 3 is 1.50 bits per heavy atom. The van der Waals surface area contributed by atoms with Gasteiger partial charge < -0.3 is 0 Å². The van der Waals surface area contributed by atoms with Crippen molar-refractivity contribution in [3.8, 4) is 23.7 Å². The van der Waals surface area contributed by atoms with Gasteiger partial charge in [0.05, 0.1) is 0 Å². The van der Waals surface area contributed by atoms with Crippen molar-refractivity contribution >= 4 is 0 Å². The van der Waals surface area contributed by atoms with Gasteiger partial charge in [0.1, 0.15) is 0 Å². The van der Waals surface area contributed by atoms with Crippen molar-refractivity contribution in [2.75, 3.05) is 0 Å². The van der Waals surface area contributed by atoms with Crippen molar-refractivity contribution in [3.05, 3.63) is 12.2 Å². The van der Waals surface area contributed by atoms with Gasteiger partial charge in [-0.1, -0.05) is 88.9 Å². The van der Waals surface area contributed by atoms with Crippen LogP contribution in [0.4, 0.5) is 0 Å². The Morgan fingerprint density at radius 1 is 0.571 bits per heavy atom. The second kappa shape index (κ2) is 14.8. The smallest absolute Gasteiger partial charge is 0.0206 e. The van der Waals surface area contributed by atoms with Gasteiger partial charge in [0.25, 0.3) is 0 Å². The van der Waals surface area contributed by atoms with Crippen LogP contribution in [-0.4, -0.2) is 0 Å². The lowest BCUT2D eigenvalue weighted by atomic mass is 9.80. The molecule has 0 atom stereocenters. The molecule has 0 spiro atoms. The molecule has 0 heterocycles. The Morgan fingerprint density at radius 2 is 1.04 bits per heavy atom. The van der Waals surface area contributed by atoms with Gasteiger partial charge in [0, 0.05) is 11.8 Å². The van der Waals surface area contributed by atoms with Gasteiger partial charge in [-0.25, -0.2) is 0 Å². The average Bonchev–Trinajstić information content (AvgIpc) is 2.74. The molecule has 156 valence electrons. The monoisotopic (exact) mass is 380 g/mol. The molecule has 0 heteroatoms. The van der Waals surface area contributed by atoms with Crippen molar-refractivity contribution in [3.63, 3.8) is 0 Å². The van der Waals surface area contributed by atoms with Gasteiger partial charge in [0.15, 0.2) is 0 Å². The van der Waals surface area contributed by atoms with E-state index in [0.29, 0.717) is 11.8 Å². The molecule has 0 aliphatic heterocycles. The van der Waals surface area contributed by atoms with Crippen LogP contribution < -0.4 is 0 Å². The van der Waals surface area contributed by atoms with Crippen molar-refractivity contribution in [2.24, 2.45) is 23.7 Å². The van der Waals surface area contributed by atoms with Crippen molar-refractivity contribution in [1.29, 1.82) is 0 Å². The number of rotatable bonds is 8.